The molecule has 15 rings (SSSR count). The summed E-state index contributed by atoms with van der Waals surface area (Å²) in [5.41, 5.74) is 25.0. The van der Waals surface area contributed by atoms with Crippen molar-refractivity contribution in [2.45, 2.75) is 32.1 Å². The Bertz CT molecular complexity index is 4660. The Balaban J connectivity index is 0.830. The molecule has 1 aliphatic carbocycles. The van der Waals surface area contributed by atoms with E-state index in [0.29, 0.717) is 12.3 Å². The molecule has 4 heteroatoms. The Morgan fingerprint density at radius 2 is 0.987 bits per heavy atom. The summed E-state index contributed by atoms with van der Waals surface area (Å²) in [6.07, 6.45) is 1.63. The van der Waals surface area contributed by atoms with Crippen molar-refractivity contribution in [1.82, 2.24) is 4.57 Å². The number of rotatable bonds is 8. The third kappa shape index (κ3) is 7.90. The van der Waals surface area contributed by atoms with E-state index in [1.807, 2.05) is 24.3 Å². The minimum Gasteiger partial charge on any atom is -0.456 e. The van der Waals surface area contributed by atoms with E-state index in [4.69, 9.17) is 14.4 Å². The number of allylic oxidation sites excluding steroid dienone is 1. The van der Waals surface area contributed by atoms with Gasteiger partial charge in [-0.15, -0.1) is 0 Å². The number of amidine groups is 1. The van der Waals surface area contributed by atoms with Crippen LogP contribution in [0.5, 0.6) is 0 Å². The van der Waals surface area contributed by atoms with E-state index in [1.54, 1.807) is 0 Å². The van der Waals surface area contributed by atoms with Gasteiger partial charge in [0, 0.05) is 50.2 Å². The van der Waals surface area contributed by atoms with Gasteiger partial charge in [0.15, 0.2) is 5.84 Å². The van der Waals surface area contributed by atoms with Gasteiger partial charge in [0.1, 0.15) is 11.2 Å². The van der Waals surface area contributed by atoms with Crippen molar-refractivity contribution in [2.24, 2.45) is 9.98 Å². The van der Waals surface area contributed by atoms with Crippen LogP contribution in [-0.4, -0.2) is 16.1 Å². The van der Waals surface area contributed by atoms with Crippen molar-refractivity contribution in [1.29, 1.82) is 0 Å². The van der Waals surface area contributed by atoms with E-state index in [-0.39, 0.29) is 5.41 Å². The first kappa shape index (κ1) is 46.4. The Kier molecular flexibility index (Phi) is 11.0. The number of hydrogen-bond acceptors (Lipinski definition) is 3. The smallest absolute Gasteiger partial charge is 0.160 e. The molecule has 79 heavy (non-hydrogen) atoms. The highest BCUT2D eigenvalue weighted by molar-refractivity contribution is 6.17. The lowest BCUT2D eigenvalue weighted by atomic mass is 9.65. The zero-order valence-corrected chi connectivity index (χ0v) is 44.0. The number of benzene rings is 11. The van der Waals surface area contributed by atoms with Crippen LogP contribution in [0.1, 0.15) is 53.6 Å². The molecule has 13 aromatic rings. The van der Waals surface area contributed by atoms with Gasteiger partial charge in [-0.25, -0.2) is 9.98 Å². The molecule has 0 fully saturated rings. The lowest BCUT2D eigenvalue weighted by Crippen LogP contribution is -2.30. The lowest BCUT2D eigenvalue weighted by molar-refractivity contribution is 0.561. The zero-order chi connectivity index (χ0) is 52.6. The fourth-order valence-corrected chi connectivity index (χ4v) is 12.8. The topological polar surface area (TPSA) is 42.8 Å². The summed E-state index contributed by atoms with van der Waals surface area (Å²) in [6.45, 7) is 4.59. The van der Waals surface area contributed by atoms with Gasteiger partial charge in [0.05, 0.1) is 22.4 Å². The Hall–Kier alpha value is -9.90. The molecule has 0 amide bonds. The summed E-state index contributed by atoms with van der Waals surface area (Å²) in [6, 6.07) is 94.6. The molecule has 1 atom stereocenters. The first-order valence-corrected chi connectivity index (χ1v) is 27.4. The molecule has 2 aliphatic rings. The van der Waals surface area contributed by atoms with Crippen LogP contribution in [0.15, 0.2) is 281 Å². The number of fused-ring (bicyclic) bond motifs is 9. The van der Waals surface area contributed by atoms with Crippen LogP contribution in [0.2, 0.25) is 0 Å². The van der Waals surface area contributed by atoms with Crippen molar-refractivity contribution in [3.8, 4) is 50.2 Å². The number of nitrogens with zero attached hydrogens (tertiary/aromatic N) is 3. The molecule has 0 radical (unpaired) electrons. The summed E-state index contributed by atoms with van der Waals surface area (Å²) in [5, 5.41) is 4.59. The molecule has 0 saturated heterocycles. The van der Waals surface area contributed by atoms with E-state index < -0.39 is 0 Å². The summed E-state index contributed by atoms with van der Waals surface area (Å²) in [7, 11) is 0. The van der Waals surface area contributed by atoms with Gasteiger partial charge >= 0.3 is 0 Å². The third-order valence-electron chi connectivity index (χ3n) is 16.7. The van der Waals surface area contributed by atoms with Crippen LogP contribution < -0.4 is 0 Å². The second-order valence-corrected chi connectivity index (χ2v) is 21.5. The maximum Gasteiger partial charge on any atom is 0.160 e. The summed E-state index contributed by atoms with van der Waals surface area (Å²) < 4.78 is 9.08. The highest BCUT2D eigenvalue weighted by Gasteiger charge is 2.36. The summed E-state index contributed by atoms with van der Waals surface area (Å²) in [5.74, 6) is 0.712. The molecule has 0 spiro atoms. The molecule has 0 bridgehead atoms. The van der Waals surface area contributed by atoms with E-state index in [9.17, 15) is 0 Å². The largest absolute Gasteiger partial charge is 0.456 e. The van der Waals surface area contributed by atoms with Crippen LogP contribution in [0.25, 0.3) is 99.6 Å². The SMILES string of the molecule is CC1=C(c2cccc(-c3cccc4oc5ccc(-c6ccc7c(c6)c6cc(-c8ccc9c(c8)-c8ccccc8C(C)(c8ccccc8)C9)ccc6n7-c6ccccc6)cc5c34)c2)N=C(c2ccccc2)N=C(c2ccccc2)C1. The third-order valence-corrected chi connectivity index (χ3v) is 16.7. The van der Waals surface area contributed by atoms with Crippen molar-refractivity contribution in [2.75, 3.05) is 0 Å². The zero-order valence-electron chi connectivity index (χ0n) is 44.0. The first-order valence-electron chi connectivity index (χ1n) is 27.4. The van der Waals surface area contributed by atoms with Gasteiger partial charge < -0.3 is 8.98 Å². The Morgan fingerprint density at radius 1 is 0.418 bits per heavy atom. The standard InChI is InChI=1S/C75H53N3O/c1-48-41-67(49-19-7-3-8-20-49)76-74(50-21-9-4-10-22-50)77-73(48)56-24-17-23-55(42-56)60-30-18-32-71-72(60)65-46-54(37-40-70(65)79-71)53-36-39-69-64(45-53)63-44-52(35-38-68(63)78(69)59-27-13-6-14-28-59)51-33-34-57-47-75(2,58-25-11-5-12-26-58)66-31-16-15-29-61(66)62(57)43-51/h3-40,42-46H,41,47H2,1-2H3. The number of aromatic nitrogens is 1. The van der Waals surface area contributed by atoms with E-state index in [2.05, 4.69) is 255 Å². The molecule has 4 nitrogen and oxygen atoms in total. The molecule has 11 aromatic carbocycles. The van der Waals surface area contributed by atoms with Gasteiger partial charge in [0.25, 0.3) is 0 Å². The molecular weight excluding hydrogens is 959 g/mol. The fraction of sp³-hybridized carbons (Fsp3) is 0.0667. The molecular formula is C75H53N3O. The number of aliphatic imine (C=N–C) groups is 2. The second-order valence-electron chi connectivity index (χ2n) is 21.5. The van der Waals surface area contributed by atoms with E-state index >= 15 is 0 Å². The van der Waals surface area contributed by atoms with Gasteiger partial charge in [-0.1, -0.05) is 201 Å². The minimum absolute atomic E-state index is 0.119. The van der Waals surface area contributed by atoms with Gasteiger partial charge in [-0.3, -0.25) is 0 Å². The van der Waals surface area contributed by atoms with Gasteiger partial charge in [-0.2, -0.15) is 0 Å². The molecule has 0 N–H and O–H groups in total. The quantitative estimate of drug-likeness (QED) is 0.150. The Morgan fingerprint density at radius 3 is 1.72 bits per heavy atom. The molecule has 374 valence electrons. The second kappa shape index (κ2) is 18.7. The maximum absolute atomic E-state index is 6.67. The van der Waals surface area contributed by atoms with E-state index in [0.717, 1.165) is 84.4 Å². The minimum atomic E-state index is -0.119. The molecule has 3 heterocycles. The first-order chi connectivity index (χ1) is 38.9. The average molecular weight is 1010 g/mol. The maximum atomic E-state index is 6.67. The summed E-state index contributed by atoms with van der Waals surface area (Å²) >= 11 is 0. The van der Waals surface area contributed by atoms with Crippen LogP contribution >= 0.6 is 0 Å². The lowest BCUT2D eigenvalue weighted by Gasteiger charge is -2.38. The highest BCUT2D eigenvalue weighted by Crippen LogP contribution is 2.48. The van der Waals surface area contributed by atoms with Crippen LogP contribution in [0, 0.1) is 0 Å². The average Bonchev–Trinajstić information content (AvgIpc) is 4.26. The Labute approximate surface area is 459 Å². The van der Waals surface area contributed by atoms with Crippen LogP contribution in [0.4, 0.5) is 0 Å². The normalized spacial score (nSPS) is 15.3. The number of para-hydroxylation sites is 1. The van der Waals surface area contributed by atoms with Crippen molar-refractivity contribution < 1.29 is 4.42 Å². The van der Waals surface area contributed by atoms with Crippen molar-refractivity contribution in [3.05, 3.63) is 300 Å². The molecule has 2 aromatic heterocycles. The molecule has 1 unspecified atom stereocenters. The predicted octanol–water partition coefficient (Wildman–Crippen LogP) is 19.3. The highest BCUT2D eigenvalue weighted by atomic mass is 16.3. The fourth-order valence-electron chi connectivity index (χ4n) is 12.8. The summed E-state index contributed by atoms with van der Waals surface area (Å²) in [4.78, 5) is 10.6. The van der Waals surface area contributed by atoms with Crippen molar-refractivity contribution in [3.63, 3.8) is 0 Å². The van der Waals surface area contributed by atoms with E-state index in [1.165, 1.54) is 66.3 Å². The number of furan rings is 1. The van der Waals surface area contributed by atoms with Crippen molar-refractivity contribution >= 4 is 61.0 Å². The molecule has 1 aliphatic heterocycles. The van der Waals surface area contributed by atoms with Crippen LogP contribution in [-0.2, 0) is 11.8 Å². The van der Waals surface area contributed by atoms with Gasteiger partial charge in [-0.05, 0) is 152 Å². The van der Waals surface area contributed by atoms with Crippen LogP contribution in [0.3, 0.4) is 0 Å². The monoisotopic (exact) mass is 1010 g/mol. The van der Waals surface area contributed by atoms with Gasteiger partial charge in [0.2, 0.25) is 0 Å². The number of hydrogen-bond donors (Lipinski definition) is 0. The molecule has 0 saturated carbocycles. The predicted molar refractivity (Wildman–Crippen MR) is 330 cm³/mol.